The van der Waals surface area contributed by atoms with Gasteiger partial charge in [-0.2, -0.15) is 0 Å². The molecule has 0 aromatic rings. The highest BCUT2D eigenvalue weighted by Gasteiger charge is 2.21. The van der Waals surface area contributed by atoms with Crippen LogP contribution in [0.15, 0.2) is 0 Å². The predicted molar refractivity (Wildman–Crippen MR) is 61.5 cm³/mol. The van der Waals surface area contributed by atoms with Crippen molar-refractivity contribution in [2.75, 3.05) is 33.7 Å². The zero-order valence-electron chi connectivity index (χ0n) is 10.1. The van der Waals surface area contributed by atoms with Gasteiger partial charge in [0.1, 0.15) is 0 Å². The second-order valence-electron chi connectivity index (χ2n) is 4.78. The lowest BCUT2D eigenvalue weighted by atomic mass is 9.98. The van der Waals surface area contributed by atoms with Crippen LogP contribution in [-0.2, 0) is 4.79 Å². The number of hydrogen-bond acceptors (Lipinski definition) is 3. The summed E-state index contributed by atoms with van der Waals surface area (Å²) in [5.41, 5.74) is 5.57. The van der Waals surface area contributed by atoms with E-state index in [0.29, 0.717) is 5.92 Å². The summed E-state index contributed by atoms with van der Waals surface area (Å²) in [6, 6.07) is -0.378. The number of likely N-dealkylation sites (N-methyl/N-ethyl adjacent to an activating group) is 1. The first kappa shape index (κ1) is 12.5. The molecular weight excluding hydrogens is 190 g/mol. The average molecular weight is 213 g/mol. The Bertz CT molecular complexity index is 218. The van der Waals surface area contributed by atoms with E-state index in [4.69, 9.17) is 5.73 Å². The largest absolute Gasteiger partial charge is 0.344 e. The third kappa shape index (κ3) is 3.80. The molecule has 0 spiro atoms. The van der Waals surface area contributed by atoms with E-state index in [9.17, 15) is 4.79 Å². The first-order valence-corrected chi connectivity index (χ1v) is 5.69. The molecule has 1 amide bonds. The van der Waals surface area contributed by atoms with E-state index in [2.05, 4.69) is 11.9 Å². The first-order chi connectivity index (χ1) is 7.00. The van der Waals surface area contributed by atoms with Gasteiger partial charge in [-0.1, -0.05) is 0 Å². The van der Waals surface area contributed by atoms with Gasteiger partial charge in [-0.3, -0.25) is 4.79 Å². The van der Waals surface area contributed by atoms with Crippen molar-refractivity contribution in [2.24, 2.45) is 11.7 Å². The number of nitrogens with zero attached hydrogens (tertiary/aromatic N) is 2. The number of piperidine rings is 1. The van der Waals surface area contributed by atoms with Gasteiger partial charge in [-0.15, -0.1) is 0 Å². The number of carbonyl (C=O) groups is 1. The summed E-state index contributed by atoms with van der Waals surface area (Å²) in [5, 5.41) is 0. The van der Waals surface area contributed by atoms with E-state index in [1.807, 2.05) is 7.05 Å². The monoisotopic (exact) mass is 213 g/mol. The van der Waals surface area contributed by atoms with Crippen LogP contribution in [0.25, 0.3) is 0 Å². The Kier molecular flexibility index (Phi) is 4.54. The van der Waals surface area contributed by atoms with Crippen molar-refractivity contribution in [1.29, 1.82) is 0 Å². The molecule has 0 aromatic carbocycles. The van der Waals surface area contributed by atoms with Crippen LogP contribution in [0, 0.1) is 5.92 Å². The SMILES string of the molecule is C[C@H](N)C(=O)N(C)C[C@H]1CCCN(C)C1. The lowest BCUT2D eigenvalue weighted by Gasteiger charge is -2.32. The van der Waals surface area contributed by atoms with Crippen LogP contribution in [0.1, 0.15) is 19.8 Å². The summed E-state index contributed by atoms with van der Waals surface area (Å²) in [7, 11) is 3.99. The summed E-state index contributed by atoms with van der Waals surface area (Å²) >= 11 is 0. The first-order valence-electron chi connectivity index (χ1n) is 5.69. The second kappa shape index (κ2) is 5.47. The van der Waals surface area contributed by atoms with Gasteiger partial charge in [0.2, 0.25) is 5.91 Å². The van der Waals surface area contributed by atoms with Crippen molar-refractivity contribution in [2.45, 2.75) is 25.8 Å². The van der Waals surface area contributed by atoms with Crippen LogP contribution in [0.3, 0.4) is 0 Å². The molecule has 1 rings (SSSR count). The fraction of sp³-hybridized carbons (Fsp3) is 0.909. The molecule has 0 saturated carbocycles. The molecule has 0 aromatic heterocycles. The predicted octanol–water partition coefficient (Wildman–Crippen LogP) is 0.134. The van der Waals surface area contributed by atoms with Gasteiger partial charge in [-0.05, 0) is 39.3 Å². The molecule has 1 heterocycles. The molecule has 0 bridgehead atoms. The zero-order chi connectivity index (χ0) is 11.4. The van der Waals surface area contributed by atoms with Gasteiger partial charge in [0.25, 0.3) is 0 Å². The van der Waals surface area contributed by atoms with E-state index in [-0.39, 0.29) is 11.9 Å². The maximum Gasteiger partial charge on any atom is 0.238 e. The van der Waals surface area contributed by atoms with Crippen LogP contribution >= 0.6 is 0 Å². The van der Waals surface area contributed by atoms with Crippen molar-refractivity contribution >= 4 is 5.91 Å². The topological polar surface area (TPSA) is 49.6 Å². The number of likely N-dealkylation sites (tertiary alicyclic amines) is 1. The highest BCUT2D eigenvalue weighted by atomic mass is 16.2. The van der Waals surface area contributed by atoms with E-state index in [1.165, 1.54) is 19.4 Å². The van der Waals surface area contributed by atoms with Gasteiger partial charge in [0, 0.05) is 20.1 Å². The maximum atomic E-state index is 11.6. The Balaban J connectivity index is 2.36. The molecule has 0 radical (unpaired) electrons. The Morgan fingerprint density at radius 2 is 2.33 bits per heavy atom. The molecule has 4 nitrogen and oxygen atoms in total. The molecular formula is C11H23N3O. The molecule has 2 atom stereocenters. The summed E-state index contributed by atoms with van der Waals surface area (Å²) in [6.07, 6.45) is 2.46. The highest BCUT2D eigenvalue weighted by Crippen LogP contribution is 2.15. The van der Waals surface area contributed by atoms with Crippen LogP contribution < -0.4 is 5.73 Å². The Morgan fingerprint density at radius 1 is 1.67 bits per heavy atom. The van der Waals surface area contributed by atoms with Crippen molar-refractivity contribution in [3.63, 3.8) is 0 Å². The summed E-state index contributed by atoms with van der Waals surface area (Å²) < 4.78 is 0. The Labute approximate surface area is 92.4 Å². The van der Waals surface area contributed by atoms with Gasteiger partial charge in [0.05, 0.1) is 6.04 Å². The van der Waals surface area contributed by atoms with Crippen molar-refractivity contribution in [1.82, 2.24) is 9.80 Å². The van der Waals surface area contributed by atoms with Gasteiger partial charge in [0.15, 0.2) is 0 Å². The molecule has 2 N–H and O–H groups in total. The molecule has 1 saturated heterocycles. The van der Waals surface area contributed by atoms with Gasteiger partial charge < -0.3 is 15.5 Å². The third-order valence-electron chi connectivity index (χ3n) is 3.02. The van der Waals surface area contributed by atoms with Crippen LogP contribution in [0.4, 0.5) is 0 Å². The molecule has 0 aliphatic carbocycles. The summed E-state index contributed by atoms with van der Waals surface area (Å²) in [4.78, 5) is 15.7. The van der Waals surface area contributed by atoms with Crippen molar-refractivity contribution in [3.05, 3.63) is 0 Å². The lowest BCUT2D eigenvalue weighted by Crippen LogP contribution is -2.44. The average Bonchev–Trinajstić information content (AvgIpc) is 2.16. The summed E-state index contributed by atoms with van der Waals surface area (Å²) in [6.45, 7) is 4.86. The maximum absolute atomic E-state index is 11.6. The summed E-state index contributed by atoms with van der Waals surface area (Å²) in [5.74, 6) is 0.652. The van der Waals surface area contributed by atoms with E-state index >= 15 is 0 Å². The normalized spacial score (nSPS) is 24.9. The third-order valence-corrected chi connectivity index (χ3v) is 3.02. The molecule has 4 heteroatoms. The number of nitrogens with two attached hydrogens (primary N) is 1. The molecule has 15 heavy (non-hydrogen) atoms. The Hall–Kier alpha value is -0.610. The molecule has 1 aliphatic heterocycles. The smallest absolute Gasteiger partial charge is 0.238 e. The molecule has 1 fully saturated rings. The van der Waals surface area contributed by atoms with Crippen molar-refractivity contribution in [3.8, 4) is 0 Å². The lowest BCUT2D eigenvalue weighted by molar-refractivity contribution is -0.131. The van der Waals surface area contributed by atoms with E-state index in [1.54, 1.807) is 11.8 Å². The number of amides is 1. The second-order valence-corrected chi connectivity index (χ2v) is 4.78. The van der Waals surface area contributed by atoms with Crippen LogP contribution in [0.2, 0.25) is 0 Å². The quantitative estimate of drug-likeness (QED) is 0.725. The number of rotatable bonds is 3. The van der Waals surface area contributed by atoms with Crippen LogP contribution in [-0.4, -0.2) is 55.5 Å². The number of hydrogen-bond donors (Lipinski definition) is 1. The molecule has 88 valence electrons. The van der Waals surface area contributed by atoms with E-state index < -0.39 is 0 Å². The minimum Gasteiger partial charge on any atom is -0.344 e. The minimum atomic E-state index is -0.378. The molecule has 0 unspecified atom stereocenters. The van der Waals surface area contributed by atoms with Gasteiger partial charge >= 0.3 is 0 Å². The van der Waals surface area contributed by atoms with Crippen molar-refractivity contribution < 1.29 is 4.79 Å². The minimum absolute atomic E-state index is 0.0447. The highest BCUT2D eigenvalue weighted by molar-refractivity contribution is 5.80. The fourth-order valence-corrected chi connectivity index (χ4v) is 2.25. The Morgan fingerprint density at radius 3 is 2.87 bits per heavy atom. The number of carbonyl (C=O) groups excluding carboxylic acids is 1. The fourth-order valence-electron chi connectivity index (χ4n) is 2.25. The van der Waals surface area contributed by atoms with E-state index in [0.717, 1.165) is 13.1 Å². The standard InChI is InChI=1S/C11H23N3O/c1-9(12)11(15)14(3)8-10-5-4-6-13(2)7-10/h9-10H,4-8,12H2,1-3H3/t9-,10-/m0/s1. The zero-order valence-corrected chi connectivity index (χ0v) is 10.1. The van der Waals surface area contributed by atoms with Gasteiger partial charge in [-0.25, -0.2) is 0 Å². The van der Waals surface area contributed by atoms with Crippen LogP contribution in [0.5, 0.6) is 0 Å². The molecule has 1 aliphatic rings.